The first-order valence-electron chi connectivity index (χ1n) is 4.53. The van der Waals surface area contributed by atoms with Crippen molar-refractivity contribution >= 4 is 5.91 Å². The normalized spacial score (nSPS) is 6.92. The van der Waals surface area contributed by atoms with Crippen molar-refractivity contribution in [3.63, 3.8) is 0 Å². The molecule has 0 unspecified atom stereocenters. The minimum atomic E-state index is 0.104. The number of hydrogen-bond acceptors (Lipinski definition) is 2. The van der Waals surface area contributed by atoms with Crippen molar-refractivity contribution in [3.05, 3.63) is 0 Å². The van der Waals surface area contributed by atoms with Gasteiger partial charge in [-0.2, -0.15) is 0 Å². The van der Waals surface area contributed by atoms with Crippen LogP contribution in [-0.2, 0) is 4.79 Å². The average Bonchev–Trinajstić information content (AvgIpc) is 2.12. The zero-order chi connectivity index (χ0) is 10.6. The quantitative estimate of drug-likeness (QED) is 0.689. The molecule has 3 nitrogen and oxygen atoms in total. The molecule has 12 heavy (non-hydrogen) atoms. The van der Waals surface area contributed by atoms with E-state index in [1.165, 1.54) is 0 Å². The first-order chi connectivity index (χ1) is 5.68. The van der Waals surface area contributed by atoms with Gasteiger partial charge in [0.2, 0.25) is 5.91 Å². The first kappa shape index (κ1) is 17.5. The van der Waals surface area contributed by atoms with Crippen LogP contribution in [0.4, 0.5) is 0 Å². The zero-order valence-electron chi connectivity index (χ0n) is 9.56. The van der Waals surface area contributed by atoms with Crippen molar-refractivity contribution in [1.82, 2.24) is 10.2 Å². The lowest BCUT2D eigenvalue weighted by molar-refractivity contribution is -0.127. The summed E-state index contributed by atoms with van der Waals surface area (Å²) in [6.07, 6.45) is 0. The largest absolute Gasteiger partial charge is 0.348 e. The van der Waals surface area contributed by atoms with Crippen LogP contribution < -0.4 is 5.32 Å². The Kier molecular flexibility index (Phi) is 24.5. The molecule has 0 radical (unpaired) electrons. The lowest BCUT2D eigenvalue weighted by Crippen LogP contribution is -2.30. The van der Waals surface area contributed by atoms with E-state index in [9.17, 15) is 4.79 Å². The average molecular weight is 176 g/mol. The van der Waals surface area contributed by atoms with Crippen molar-refractivity contribution in [2.45, 2.75) is 27.7 Å². The third-order valence-corrected chi connectivity index (χ3v) is 0.827. The number of amides is 1. The molecule has 0 aromatic heterocycles. The molecule has 0 aromatic carbocycles. The Balaban J connectivity index is -0.000000175. The molecule has 0 rings (SSSR count). The molecule has 0 saturated heterocycles. The summed E-state index contributed by atoms with van der Waals surface area (Å²) < 4.78 is 0. The minimum absolute atomic E-state index is 0.104. The van der Waals surface area contributed by atoms with Gasteiger partial charge in [-0.25, -0.2) is 0 Å². The molecule has 0 aliphatic rings. The number of rotatable bonds is 2. The van der Waals surface area contributed by atoms with Crippen LogP contribution in [0.2, 0.25) is 0 Å². The predicted octanol–water partition coefficient (Wildman–Crippen LogP) is 1.35. The van der Waals surface area contributed by atoms with Gasteiger partial charge in [0.1, 0.15) is 0 Å². The Bertz CT molecular complexity index is 82.6. The number of carbonyl (C=O) groups excluding carboxylic acids is 1. The van der Waals surface area contributed by atoms with Gasteiger partial charge in [0.05, 0.1) is 6.54 Å². The monoisotopic (exact) mass is 176 g/mol. The van der Waals surface area contributed by atoms with E-state index in [1.54, 1.807) is 26.0 Å². The SMILES string of the molecule is CC.CC.CNCC(=O)N(C)C. The molecule has 0 saturated carbocycles. The highest BCUT2D eigenvalue weighted by atomic mass is 16.2. The van der Waals surface area contributed by atoms with E-state index in [0.717, 1.165) is 0 Å². The second-order valence-electron chi connectivity index (χ2n) is 1.82. The number of nitrogens with one attached hydrogen (secondary N) is 1. The van der Waals surface area contributed by atoms with E-state index < -0.39 is 0 Å². The topological polar surface area (TPSA) is 32.3 Å². The smallest absolute Gasteiger partial charge is 0.235 e. The van der Waals surface area contributed by atoms with Gasteiger partial charge in [0.15, 0.2) is 0 Å². The maximum Gasteiger partial charge on any atom is 0.235 e. The van der Waals surface area contributed by atoms with Gasteiger partial charge in [-0.3, -0.25) is 4.79 Å². The third kappa shape index (κ3) is 16.2. The first-order valence-corrected chi connectivity index (χ1v) is 4.53. The Morgan fingerprint density at radius 2 is 1.50 bits per heavy atom. The molecule has 0 fully saturated rings. The molecule has 0 bridgehead atoms. The van der Waals surface area contributed by atoms with Crippen LogP contribution in [0.5, 0.6) is 0 Å². The van der Waals surface area contributed by atoms with Crippen LogP contribution in [0.1, 0.15) is 27.7 Å². The molecular formula is C9H24N2O. The Morgan fingerprint density at radius 3 is 1.58 bits per heavy atom. The number of carbonyl (C=O) groups is 1. The summed E-state index contributed by atoms with van der Waals surface area (Å²) in [5.74, 6) is 0.104. The maximum atomic E-state index is 10.6. The molecule has 0 aliphatic carbocycles. The predicted molar refractivity (Wildman–Crippen MR) is 55.3 cm³/mol. The molecule has 76 valence electrons. The zero-order valence-corrected chi connectivity index (χ0v) is 9.56. The summed E-state index contributed by atoms with van der Waals surface area (Å²) in [5.41, 5.74) is 0. The van der Waals surface area contributed by atoms with Crippen molar-refractivity contribution in [1.29, 1.82) is 0 Å². The van der Waals surface area contributed by atoms with Crippen LogP contribution in [-0.4, -0.2) is 38.5 Å². The van der Waals surface area contributed by atoms with E-state index >= 15 is 0 Å². The van der Waals surface area contributed by atoms with Crippen molar-refractivity contribution in [2.24, 2.45) is 0 Å². The fourth-order valence-corrected chi connectivity index (χ4v) is 0.309. The highest BCUT2D eigenvalue weighted by Gasteiger charge is 1.98. The van der Waals surface area contributed by atoms with Crippen LogP contribution in [0, 0.1) is 0 Å². The minimum Gasteiger partial charge on any atom is -0.348 e. The second-order valence-corrected chi connectivity index (χ2v) is 1.82. The van der Waals surface area contributed by atoms with Gasteiger partial charge in [-0.05, 0) is 7.05 Å². The van der Waals surface area contributed by atoms with Crippen LogP contribution >= 0.6 is 0 Å². The van der Waals surface area contributed by atoms with Gasteiger partial charge < -0.3 is 10.2 Å². The lowest BCUT2D eigenvalue weighted by Gasteiger charge is -2.07. The van der Waals surface area contributed by atoms with E-state index in [1.807, 2.05) is 27.7 Å². The van der Waals surface area contributed by atoms with Crippen LogP contribution in [0.25, 0.3) is 0 Å². The Labute approximate surface area is 77.1 Å². The van der Waals surface area contributed by atoms with E-state index in [2.05, 4.69) is 5.32 Å². The maximum absolute atomic E-state index is 10.6. The summed E-state index contributed by atoms with van der Waals surface area (Å²) in [5, 5.41) is 2.76. The highest BCUT2D eigenvalue weighted by Crippen LogP contribution is 1.72. The van der Waals surface area contributed by atoms with Crippen molar-refractivity contribution in [2.75, 3.05) is 27.7 Å². The fourth-order valence-electron chi connectivity index (χ4n) is 0.309. The van der Waals surface area contributed by atoms with Gasteiger partial charge in [0, 0.05) is 14.1 Å². The standard InChI is InChI=1S/C5H12N2O.2C2H6/c1-6-4-5(8)7(2)3;2*1-2/h6H,4H2,1-3H3;2*1-2H3. The number of nitrogens with zero attached hydrogens (tertiary/aromatic N) is 1. The van der Waals surface area contributed by atoms with Gasteiger partial charge in [-0.1, -0.05) is 27.7 Å². The van der Waals surface area contributed by atoms with Crippen LogP contribution in [0.15, 0.2) is 0 Å². The molecule has 1 N–H and O–H groups in total. The van der Waals surface area contributed by atoms with E-state index in [-0.39, 0.29) is 5.91 Å². The van der Waals surface area contributed by atoms with Crippen LogP contribution in [0.3, 0.4) is 0 Å². The molecule has 0 atom stereocenters. The van der Waals surface area contributed by atoms with Gasteiger partial charge >= 0.3 is 0 Å². The van der Waals surface area contributed by atoms with E-state index in [0.29, 0.717) is 6.54 Å². The van der Waals surface area contributed by atoms with Gasteiger partial charge in [-0.15, -0.1) is 0 Å². The summed E-state index contributed by atoms with van der Waals surface area (Å²) in [7, 11) is 5.22. The molecule has 0 aliphatic heterocycles. The summed E-state index contributed by atoms with van der Waals surface area (Å²) >= 11 is 0. The number of hydrogen-bond donors (Lipinski definition) is 1. The highest BCUT2D eigenvalue weighted by molar-refractivity contribution is 5.77. The van der Waals surface area contributed by atoms with Crippen molar-refractivity contribution < 1.29 is 4.79 Å². The lowest BCUT2D eigenvalue weighted by atomic mass is 10.5. The molecular weight excluding hydrogens is 152 g/mol. The molecule has 3 heteroatoms. The van der Waals surface area contributed by atoms with E-state index in [4.69, 9.17) is 0 Å². The second kappa shape index (κ2) is 16.8. The van der Waals surface area contributed by atoms with Crippen molar-refractivity contribution in [3.8, 4) is 0 Å². The third-order valence-electron chi connectivity index (χ3n) is 0.827. The summed E-state index contributed by atoms with van der Waals surface area (Å²) in [6, 6.07) is 0. The molecule has 0 heterocycles. The Morgan fingerprint density at radius 1 is 1.17 bits per heavy atom. The fraction of sp³-hybridized carbons (Fsp3) is 0.889. The molecule has 1 amide bonds. The molecule has 0 spiro atoms. The Hall–Kier alpha value is -0.570. The van der Waals surface area contributed by atoms with Gasteiger partial charge in [0.25, 0.3) is 0 Å². The molecule has 0 aromatic rings. The summed E-state index contributed by atoms with van der Waals surface area (Å²) in [4.78, 5) is 12.2. The number of likely N-dealkylation sites (N-methyl/N-ethyl adjacent to an activating group) is 2. The summed E-state index contributed by atoms with van der Waals surface area (Å²) in [6.45, 7) is 8.42.